The lowest BCUT2D eigenvalue weighted by Gasteiger charge is -2.14. The van der Waals surface area contributed by atoms with Crippen LogP contribution >= 0.6 is 0 Å². The summed E-state index contributed by atoms with van der Waals surface area (Å²) in [6.07, 6.45) is -5.12. The number of rotatable bonds is 4. The molecule has 5 heteroatoms. The lowest BCUT2D eigenvalue weighted by atomic mass is 10.1. The Morgan fingerprint density at radius 1 is 1.18 bits per heavy atom. The molecule has 1 aromatic carbocycles. The zero-order valence-electron chi connectivity index (χ0n) is 9.90. The van der Waals surface area contributed by atoms with Gasteiger partial charge in [-0.05, 0) is 30.5 Å². The van der Waals surface area contributed by atoms with Crippen LogP contribution < -0.4 is 10.5 Å². The zero-order valence-corrected chi connectivity index (χ0v) is 9.90. The van der Waals surface area contributed by atoms with Gasteiger partial charge in [0.1, 0.15) is 5.75 Å². The molecule has 0 aliphatic carbocycles. The number of benzene rings is 1. The summed E-state index contributed by atoms with van der Waals surface area (Å²) < 4.78 is 41.1. The summed E-state index contributed by atoms with van der Waals surface area (Å²) in [6.45, 7) is 3.65. The molecule has 0 unspecified atom stereocenters. The third-order valence-corrected chi connectivity index (χ3v) is 2.39. The summed E-state index contributed by atoms with van der Waals surface area (Å²) in [6, 6.07) is 3.66. The zero-order chi connectivity index (χ0) is 13.1. The Balaban J connectivity index is 2.72. The normalized spacial score (nSPS) is 11.6. The summed E-state index contributed by atoms with van der Waals surface area (Å²) in [7, 11) is 0. The van der Waals surface area contributed by atoms with Gasteiger partial charge in [0, 0.05) is 6.54 Å². The van der Waals surface area contributed by atoms with Crippen molar-refractivity contribution in [2.75, 3.05) is 6.61 Å². The maximum atomic E-state index is 12.0. The van der Waals surface area contributed by atoms with E-state index in [9.17, 15) is 13.2 Å². The molecule has 0 radical (unpaired) electrons. The average Bonchev–Trinajstić information content (AvgIpc) is 2.20. The van der Waals surface area contributed by atoms with Crippen LogP contribution in [0.5, 0.6) is 5.75 Å². The Morgan fingerprint density at radius 3 is 2.12 bits per heavy atom. The summed E-state index contributed by atoms with van der Waals surface area (Å²) in [5.74, 6) is 0.520. The van der Waals surface area contributed by atoms with Crippen molar-refractivity contribution in [3.63, 3.8) is 0 Å². The Kier molecular flexibility index (Phi) is 4.40. The molecule has 2 N–H and O–H groups in total. The Hall–Kier alpha value is -1.23. The molecular formula is C12H16F3NO. The fourth-order valence-electron chi connectivity index (χ4n) is 1.65. The molecule has 0 atom stereocenters. The Labute approximate surface area is 98.6 Å². The minimum Gasteiger partial charge on any atom is -0.493 e. The first-order valence-electron chi connectivity index (χ1n) is 5.33. The lowest BCUT2D eigenvalue weighted by Crippen LogP contribution is -2.14. The first-order chi connectivity index (χ1) is 7.83. The van der Waals surface area contributed by atoms with Crippen LogP contribution in [0.3, 0.4) is 0 Å². The minimum atomic E-state index is -4.18. The number of hydrogen-bond donors (Lipinski definition) is 1. The summed E-state index contributed by atoms with van der Waals surface area (Å²) in [5.41, 5.74) is 8.08. The van der Waals surface area contributed by atoms with Crippen LogP contribution in [0.15, 0.2) is 12.1 Å². The fraction of sp³-hybridized carbons (Fsp3) is 0.500. The molecule has 1 rings (SSSR count). The standard InChI is InChI=1S/C12H16F3NO/c1-8-5-10(7-16)6-9(2)11(8)17-4-3-12(13,14)15/h5-6H,3-4,7,16H2,1-2H3. The van der Waals surface area contributed by atoms with Gasteiger partial charge in [0.15, 0.2) is 0 Å². The van der Waals surface area contributed by atoms with E-state index in [1.54, 1.807) is 13.8 Å². The van der Waals surface area contributed by atoms with Crippen LogP contribution in [-0.4, -0.2) is 12.8 Å². The molecule has 0 fully saturated rings. The maximum Gasteiger partial charge on any atom is 0.392 e. The van der Waals surface area contributed by atoms with E-state index < -0.39 is 12.6 Å². The SMILES string of the molecule is Cc1cc(CN)cc(C)c1OCCC(F)(F)F. The highest BCUT2D eigenvalue weighted by atomic mass is 19.4. The van der Waals surface area contributed by atoms with Crippen LogP contribution in [0.2, 0.25) is 0 Å². The van der Waals surface area contributed by atoms with Crippen molar-refractivity contribution in [1.82, 2.24) is 0 Å². The van der Waals surface area contributed by atoms with E-state index >= 15 is 0 Å². The fourth-order valence-corrected chi connectivity index (χ4v) is 1.65. The molecule has 17 heavy (non-hydrogen) atoms. The highest BCUT2D eigenvalue weighted by Gasteiger charge is 2.27. The number of aryl methyl sites for hydroxylation is 2. The second-order valence-corrected chi connectivity index (χ2v) is 3.98. The van der Waals surface area contributed by atoms with Crippen molar-refractivity contribution in [1.29, 1.82) is 0 Å². The van der Waals surface area contributed by atoms with Gasteiger partial charge in [-0.15, -0.1) is 0 Å². The number of alkyl halides is 3. The third kappa shape index (κ3) is 4.26. The molecule has 0 saturated carbocycles. The number of nitrogens with two attached hydrogens (primary N) is 1. The molecule has 0 heterocycles. The monoisotopic (exact) mass is 247 g/mol. The second kappa shape index (κ2) is 5.40. The lowest BCUT2D eigenvalue weighted by molar-refractivity contribution is -0.139. The van der Waals surface area contributed by atoms with Gasteiger partial charge in [-0.2, -0.15) is 13.2 Å². The van der Waals surface area contributed by atoms with E-state index in [4.69, 9.17) is 10.5 Å². The molecule has 0 aliphatic heterocycles. The average molecular weight is 247 g/mol. The van der Waals surface area contributed by atoms with Crippen LogP contribution in [0, 0.1) is 13.8 Å². The van der Waals surface area contributed by atoms with Crippen LogP contribution in [0.1, 0.15) is 23.1 Å². The van der Waals surface area contributed by atoms with E-state index in [0.29, 0.717) is 12.3 Å². The molecule has 96 valence electrons. The maximum absolute atomic E-state index is 12.0. The van der Waals surface area contributed by atoms with Gasteiger partial charge in [0.25, 0.3) is 0 Å². The van der Waals surface area contributed by atoms with E-state index in [1.807, 2.05) is 12.1 Å². The predicted molar refractivity (Wildman–Crippen MR) is 60.0 cm³/mol. The Morgan fingerprint density at radius 2 is 1.71 bits per heavy atom. The molecule has 0 aromatic heterocycles. The highest BCUT2D eigenvalue weighted by Crippen LogP contribution is 2.26. The molecule has 0 bridgehead atoms. The topological polar surface area (TPSA) is 35.2 Å². The van der Waals surface area contributed by atoms with Gasteiger partial charge >= 0.3 is 6.18 Å². The summed E-state index contributed by atoms with van der Waals surface area (Å²) in [5, 5.41) is 0. The highest BCUT2D eigenvalue weighted by molar-refractivity contribution is 5.43. The van der Waals surface area contributed by atoms with E-state index in [0.717, 1.165) is 16.7 Å². The van der Waals surface area contributed by atoms with Gasteiger partial charge in [-0.3, -0.25) is 0 Å². The van der Waals surface area contributed by atoms with E-state index in [-0.39, 0.29) is 6.61 Å². The van der Waals surface area contributed by atoms with Gasteiger partial charge < -0.3 is 10.5 Å². The van der Waals surface area contributed by atoms with E-state index in [1.165, 1.54) is 0 Å². The number of ether oxygens (including phenoxy) is 1. The second-order valence-electron chi connectivity index (χ2n) is 3.98. The van der Waals surface area contributed by atoms with Crippen LogP contribution in [0.25, 0.3) is 0 Å². The van der Waals surface area contributed by atoms with E-state index in [2.05, 4.69) is 0 Å². The van der Waals surface area contributed by atoms with Crippen molar-refractivity contribution < 1.29 is 17.9 Å². The number of halogens is 3. The minimum absolute atomic E-state index is 0.354. The molecule has 2 nitrogen and oxygen atoms in total. The smallest absolute Gasteiger partial charge is 0.392 e. The predicted octanol–water partition coefficient (Wildman–Crippen LogP) is 3.09. The van der Waals surface area contributed by atoms with Gasteiger partial charge in [0.05, 0.1) is 13.0 Å². The molecule has 0 spiro atoms. The first kappa shape index (κ1) is 13.8. The molecule has 0 aliphatic rings. The van der Waals surface area contributed by atoms with Gasteiger partial charge in [-0.1, -0.05) is 12.1 Å². The number of hydrogen-bond acceptors (Lipinski definition) is 2. The van der Waals surface area contributed by atoms with Crippen molar-refractivity contribution in [3.05, 3.63) is 28.8 Å². The molecule has 0 amide bonds. The Bertz CT molecular complexity index is 365. The van der Waals surface area contributed by atoms with Crippen molar-refractivity contribution in [2.45, 2.75) is 33.0 Å². The van der Waals surface area contributed by atoms with Crippen LogP contribution in [0.4, 0.5) is 13.2 Å². The van der Waals surface area contributed by atoms with Crippen molar-refractivity contribution in [2.24, 2.45) is 5.73 Å². The largest absolute Gasteiger partial charge is 0.493 e. The van der Waals surface area contributed by atoms with Gasteiger partial charge in [0.2, 0.25) is 0 Å². The van der Waals surface area contributed by atoms with Crippen LogP contribution in [-0.2, 0) is 6.54 Å². The quantitative estimate of drug-likeness (QED) is 0.887. The third-order valence-electron chi connectivity index (χ3n) is 2.39. The molecule has 1 aromatic rings. The van der Waals surface area contributed by atoms with Crippen molar-refractivity contribution >= 4 is 0 Å². The molecule has 0 saturated heterocycles. The van der Waals surface area contributed by atoms with Gasteiger partial charge in [-0.25, -0.2) is 0 Å². The molecular weight excluding hydrogens is 231 g/mol. The first-order valence-corrected chi connectivity index (χ1v) is 5.33. The van der Waals surface area contributed by atoms with Crippen molar-refractivity contribution in [3.8, 4) is 5.75 Å². The summed E-state index contributed by atoms with van der Waals surface area (Å²) in [4.78, 5) is 0. The summed E-state index contributed by atoms with van der Waals surface area (Å²) >= 11 is 0.